The molecule has 0 saturated heterocycles. The van der Waals surface area contributed by atoms with Gasteiger partial charge in [0.05, 0.1) is 0 Å². The van der Waals surface area contributed by atoms with Crippen molar-refractivity contribution < 1.29 is 0 Å². The standard InChI is InChI=1S/C14H14Se2/c1-11-7-3-5-9-13(11)16(15)14-10-6-4-8-12(14)2/h3-10H,1-2H3. The molecule has 82 valence electrons. The van der Waals surface area contributed by atoms with Crippen molar-refractivity contribution in [3.63, 3.8) is 0 Å². The molecule has 0 spiro atoms. The Kier molecular flexibility index (Phi) is 3.89. The zero-order valence-corrected chi connectivity index (χ0v) is 12.9. The molecule has 2 aromatic rings. The number of rotatable bonds is 2. The van der Waals surface area contributed by atoms with Gasteiger partial charge in [-0.25, -0.2) is 0 Å². The predicted molar refractivity (Wildman–Crippen MR) is 73.1 cm³/mol. The third-order valence-corrected chi connectivity index (χ3v) is 10.1. The quantitative estimate of drug-likeness (QED) is 0.729. The molecule has 2 aromatic carbocycles. The van der Waals surface area contributed by atoms with Crippen molar-refractivity contribution in [1.29, 1.82) is 0 Å². The number of benzene rings is 2. The van der Waals surface area contributed by atoms with Crippen LogP contribution in [0, 0.1) is 13.8 Å². The first-order valence-corrected chi connectivity index (χ1v) is 11.3. The summed E-state index contributed by atoms with van der Waals surface area (Å²) < 4.78 is 2.99. The van der Waals surface area contributed by atoms with Crippen LogP contribution in [0.2, 0.25) is 0 Å². The minimum absolute atomic E-state index is 0.975. The van der Waals surface area contributed by atoms with Crippen LogP contribution in [0.15, 0.2) is 48.5 Å². The van der Waals surface area contributed by atoms with E-state index in [4.69, 9.17) is 0 Å². The van der Waals surface area contributed by atoms with E-state index in [1.807, 2.05) is 0 Å². The van der Waals surface area contributed by atoms with Crippen molar-refractivity contribution >= 4 is 34.1 Å². The van der Waals surface area contributed by atoms with Gasteiger partial charge in [0.25, 0.3) is 0 Å². The molecule has 2 rings (SSSR count). The molecule has 0 atom stereocenters. The second kappa shape index (κ2) is 5.21. The fraction of sp³-hybridized carbons (Fsp3) is 0.143. The summed E-state index contributed by atoms with van der Waals surface area (Å²) in [5, 5.41) is 0. The van der Waals surface area contributed by atoms with Gasteiger partial charge in [0.1, 0.15) is 0 Å². The average Bonchev–Trinajstić information content (AvgIpc) is 2.29. The summed E-state index contributed by atoms with van der Waals surface area (Å²) in [6.07, 6.45) is 0. The van der Waals surface area contributed by atoms with Crippen molar-refractivity contribution in [2.75, 3.05) is 0 Å². The van der Waals surface area contributed by atoms with Gasteiger partial charge in [-0.3, -0.25) is 0 Å². The molecule has 0 aliphatic heterocycles. The molecular weight excluding hydrogens is 326 g/mol. The Morgan fingerprint density at radius 1 is 0.750 bits per heavy atom. The van der Waals surface area contributed by atoms with Crippen LogP contribution < -0.4 is 8.92 Å². The molecule has 0 heterocycles. The molecule has 16 heavy (non-hydrogen) atoms. The molecule has 0 bridgehead atoms. The number of aryl methyl sites for hydroxylation is 2. The normalized spacial score (nSPS) is 10.7. The van der Waals surface area contributed by atoms with E-state index in [0.717, 1.165) is 0 Å². The minimum atomic E-state index is -0.975. The van der Waals surface area contributed by atoms with Crippen LogP contribution in [0.3, 0.4) is 0 Å². The third kappa shape index (κ3) is 2.42. The summed E-state index contributed by atoms with van der Waals surface area (Å²) in [5.74, 6) is 0. The number of hydrogen-bond acceptors (Lipinski definition) is 0. The Labute approximate surface area is 107 Å². The van der Waals surface area contributed by atoms with E-state index in [2.05, 4.69) is 76.0 Å². The molecule has 0 aromatic heterocycles. The zero-order valence-electron chi connectivity index (χ0n) is 9.44. The topological polar surface area (TPSA) is 0 Å². The molecule has 0 aliphatic rings. The van der Waals surface area contributed by atoms with E-state index in [9.17, 15) is 0 Å². The summed E-state index contributed by atoms with van der Waals surface area (Å²) in [5.41, 5.74) is 2.80. The zero-order chi connectivity index (χ0) is 11.5. The van der Waals surface area contributed by atoms with E-state index in [-0.39, 0.29) is 0 Å². The van der Waals surface area contributed by atoms with Crippen molar-refractivity contribution in [1.82, 2.24) is 0 Å². The molecule has 0 unspecified atom stereocenters. The van der Waals surface area contributed by atoms with Crippen LogP contribution in [-0.2, 0) is 0 Å². The van der Waals surface area contributed by atoms with Crippen LogP contribution in [0.5, 0.6) is 0 Å². The fourth-order valence-corrected chi connectivity index (χ4v) is 8.58. The predicted octanol–water partition coefficient (Wildman–Crippen LogP) is 1.58. The first-order chi connectivity index (χ1) is 7.70. The first kappa shape index (κ1) is 11.9. The van der Waals surface area contributed by atoms with Gasteiger partial charge in [-0.05, 0) is 0 Å². The summed E-state index contributed by atoms with van der Waals surface area (Å²) in [6.45, 7) is 4.39. The maximum absolute atomic E-state index is 3.42. The van der Waals surface area contributed by atoms with Crippen LogP contribution in [0.4, 0.5) is 0 Å². The van der Waals surface area contributed by atoms with Gasteiger partial charge in [-0.1, -0.05) is 0 Å². The van der Waals surface area contributed by atoms with Gasteiger partial charge in [0.15, 0.2) is 0 Å². The fourth-order valence-electron chi connectivity index (χ4n) is 1.65. The van der Waals surface area contributed by atoms with Gasteiger partial charge in [0.2, 0.25) is 0 Å². The van der Waals surface area contributed by atoms with Crippen molar-refractivity contribution in [3.05, 3.63) is 59.7 Å². The maximum atomic E-state index is 3.42. The average molecular weight is 340 g/mol. The van der Waals surface area contributed by atoms with Gasteiger partial charge < -0.3 is 0 Å². The summed E-state index contributed by atoms with van der Waals surface area (Å²) in [4.78, 5) is 0. The summed E-state index contributed by atoms with van der Waals surface area (Å²) in [7, 11) is 0. The Morgan fingerprint density at radius 2 is 1.12 bits per heavy atom. The third-order valence-electron chi connectivity index (χ3n) is 2.59. The molecular formula is C14H14Se2. The van der Waals surface area contributed by atoms with Crippen LogP contribution in [-0.4, -0.2) is 25.2 Å². The molecule has 0 amide bonds. The first-order valence-electron chi connectivity index (χ1n) is 5.23. The Balaban J connectivity index is 2.48. The Hall–Kier alpha value is -0.521. The molecule has 0 aliphatic carbocycles. The van der Waals surface area contributed by atoms with Crippen molar-refractivity contribution in [2.24, 2.45) is 0 Å². The van der Waals surface area contributed by atoms with Gasteiger partial charge in [-0.2, -0.15) is 0 Å². The van der Waals surface area contributed by atoms with E-state index < -0.39 is 11.5 Å². The van der Waals surface area contributed by atoms with Gasteiger partial charge >= 0.3 is 108 Å². The summed E-state index contributed by atoms with van der Waals surface area (Å²) in [6, 6.07) is 17.4. The second-order valence-corrected chi connectivity index (χ2v) is 10.4. The van der Waals surface area contributed by atoms with Gasteiger partial charge in [-0.15, -0.1) is 0 Å². The molecule has 0 fully saturated rings. The van der Waals surface area contributed by atoms with Gasteiger partial charge in [0, 0.05) is 0 Å². The van der Waals surface area contributed by atoms with E-state index >= 15 is 0 Å². The second-order valence-electron chi connectivity index (χ2n) is 3.80. The molecule has 2 heteroatoms. The van der Waals surface area contributed by atoms with Crippen LogP contribution in [0.1, 0.15) is 11.1 Å². The van der Waals surface area contributed by atoms with Crippen LogP contribution in [0.25, 0.3) is 0 Å². The molecule has 0 radical (unpaired) electrons. The molecule has 0 nitrogen and oxygen atoms in total. The Bertz CT molecular complexity index is 482. The van der Waals surface area contributed by atoms with Crippen molar-refractivity contribution in [3.8, 4) is 0 Å². The Morgan fingerprint density at radius 3 is 1.50 bits per heavy atom. The molecule has 0 saturated carbocycles. The van der Waals surface area contributed by atoms with E-state index in [0.29, 0.717) is 0 Å². The van der Waals surface area contributed by atoms with Crippen molar-refractivity contribution in [2.45, 2.75) is 13.8 Å². The number of hydrogen-bond donors (Lipinski definition) is 0. The van der Waals surface area contributed by atoms with Crippen LogP contribution >= 0.6 is 0 Å². The van der Waals surface area contributed by atoms with E-state index in [1.54, 1.807) is 0 Å². The van der Waals surface area contributed by atoms with E-state index in [1.165, 1.54) is 20.1 Å². The SMILES string of the molecule is Cc1ccccc1[Se](=[Se])c1ccccc1C. The molecule has 0 N–H and O–H groups in total. The summed E-state index contributed by atoms with van der Waals surface area (Å²) >= 11 is 2.44. The monoisotopic (exact) mass is 342 g/mol.